The Morgan fingerprint density at radius 3 is 2.50 bits per heavy atom. The van der Waals surface area contributed by atoms with Gasteiger partial charge in [0.2, 0.25) is 0 Å². The van der Waals surface area contributed by atoms with Crippen molar-refractivity contribution in [3.8, 4) is 0 Å². The van der Waals surface area contributed by atoms with Crippen molar-refractivity contribution in [1.82, 2.24) is 5.06 Å². The third-order valence-corrected chi connectivity index (χ3v) is 2.54. The summed E-state index contributed by atoms with van der Waals surface area (Å²) in [6, 6.07) is -0.889. The zero-order chi connectivity index (χ0) is 13.5. The molecule has 0 fully saturated rings. The van der Waals surface area contributed by atoms with Crippen LogP contribution >= 0.6 is 0 Å². The summed E-state index contributed by atoms with van der Waals surface area (Å²) < 4.78 is 0. The van der Waals surface area contributed by atoms with E-state index in [0.29, 0.717) is 25.9 Å². The van der Waals surface area contributed by atoms with Gasteiger partial charge in [-0.15, -0.1) is 0 Å². The van der Waals surface area contributed by atoms with E-state index in [2.05, 4.69) is 0 Å². The highest BCUT2D eigenvalue weighted by Gasteiger charge is 2.18. The van der Waals surface area contributed by atoms with Gasteiger partial charge in [0.25, 0.3) is 0 Å². The molecule has 0 heterocycles. The lowest BCUT2D eigenvalue weighted by Gasteiger charge is -2.18. The summed E-state index contributed by atoms with van der Waals surface area (Å²) in [5, 5.41) is 18.3. The molecule has 0 aliphatic heterocycles. The second kappa shape index (κ2) is 6.97. The Hall–Kier alpha value is -1.60. The predicted molar refractivity (Wildman–Crippen MR) is 62.8 cm³/mol. The van der Waals surface area contributed by atoms with Gasteiger partial charge in [-0.05, 0) is 19.3 Å². The molecule has 7 nitrogen and oxygen atoms in total. The van der Waals surface area contributed by atoms with E-state index in [1.807, 2.05) is 12.2 Å². The first-order chi connectivity index (χ1) is 8.50. The maximum Gasteiger partial charge on any atom is 0.431 e. The Morgan fingerprint density at radius 2 is 2.00 bits per heavy atom. The van der Waals surface area contributed by atoms with Gasteiger partial charge in [0.15, 0.2) is 0 Å². The van der Waals surface area contributed by atoms with E-state index < -0.39 is 18.1 Å². The number of rotatable bonds is 9. The third-order valence-electron chi connectivity index (χ3n) is 2.54. The molecule has 1 aliphatic rings. The van der Waals surface area contributed by atoms with Crippen LogP contribution in [-0.4, -0.2) is 46.5 Å². The number of unbranched alkanes of at least 4 members (excludes halogenated alkanes) is 1. The summed E-state index contributed by atoms with van der Waals surface area (Å²) in [5.74, 6) is -0.798. The molecular weight excluding hydrogens is 240 g/mol. The van der Waals surface area contributed by atoms with Crippen molar-refractivity contribution >= 4 is 12.1 Å². The highest BCUT2D eigenvalue weighted by molar-refractivity contribution is 5.72. The number of carbonyl (C=O) groups is 2. The van der Waals surface area contributed by atoms with Gasteiger partial charge in [0.05, 0.1) is 13.2 Å². The molecule has 1 amide bonds. The summed E-state index contributed by atoms with van der Waals surface area (Å²) in [4.78, 5) is 26.4. The largest absolute Gasteiger partial charge is 0.480 e. The number of nitrogens with two attached hydrogens (primary N) is 1. The van der Waals surface area contributed by atoms with Crippen LogP contribution in [0.3, 0.4) is 0 Å². The number of carboxylic acids is 1. The van der Waals surface area contributed by atoms with Crippen LogP contribution in [0.2, 0.25) is 0 Å². The lowest BCUT2D eigenvalue weighted by Crippen LogP contribution is -2.32. The minimum atomic E-state index is -1.14. The van der Waals surface area contributed by atoms with E-state index in [4.69, 9.17) is 20.8 Å². The molecule has 0 saturated heterocycles. The van der Waals surface area contributed by atoms with Crippen LogP contribution in [0.5, 0.6) is 0 Å². The normalized spacial score (nSPS) is 15.4. The Labute approximate surface area is 105 Å². The maximum absolute atomic E-state index is 10.8. The Balaban J connectivity index is 2.12. The molecule has 0 radical (unpaired) electrons. The molecule has 0 unspecified atom stereocenters. The first-order valence-corrected chi connectivity index (χ1v) is 5.81. The topological polar surface area (TPSA) is 113 Å². The number of carboxylic acid groups (broad SMARTS) is 2. The second-order valence-corrected chi connectivity index (χ2v) is 4.17. The molecule has 102 valence electrons. The van der Waals surface area contributed by atoms with Crippen LogP contribution in [0.15, 0.2) is 12.2 Å². The van der Waals surface area contributed by atoms with E-state index in [1.165, 1.54) is 0 Å². The fourth-order valence-corrected chi connectivity index (χ4v) is 1.32. The molecule has 18 heavy (non-hydrogen) atoms. The Morgan fingerprint density at radius 1 is 1.33 bits per heavy atom. The van der Waals surface area contributed by atoms with E-state index in [0.717, 1.165) is 5.06 Å². The predicted octanol–water partition coefficient (Wildman–Crippen LogP) is 0.666. The summed E-state index contributed by atoms with van der Waals surface area (Å²) in [6.07, 6.45) is 4.09. The lowest BCUT2D eigenvalue weighted by molar-refractivity contribution is -0.139. The molecule has 0 aromatic carbocycles. The zero-order valence-corrected chi connectivity index (χ0v) is 9.99. The first kappa shape index (κ1) is 14.5. The van der Waals surface area contributed by atoms with Crippen molar-refractivity contribution in [1.29, 1.82) is 0 Å². The van der Waals surface area contributed by atoms with Crippen molar-refractivity contribution < 1.29 is 24.6 Å². The van der Waals surface area contributed by atoms with E-state index in [1.54, 1.807) is 0 Å². The molecular formula is C11H18N2O5. The maximum atomic E-state index is 10.8. The Bertz CT molecular complexity index is 325. The number of hydrogen-bond donors (Lipinski definition) is 3. The number of hydroxylamine groups is 2. The van der Waals surface area contributed by atoms with Crippen molar-refractivity contribution in [3.63, 3.8) is 0 Å². The second-order valence-electron chi connectivity index (χ2n) is 4.17. The summed E-state index contributed by atoms with van der Waals surface area (Å²) in [5.41, 5.74) is 5.33. The molecule has 0 aromatic heterocycles. The SMILES string of the molecule is N[C@@H](CCCCN(OCC1C=C1)C(=O)O)C(=O)O. The summed E-state index contributed by atoms with van der Waals surface area (Å²) in [6.45, 7) is 0.551. The summed E-state index contributed by atoms with van der Waals surface area (Å²) >= 11 is 0. The molecule has 1 rings (SSSR count). The number of amides is 1. The Kier molecular flexibility index (Phi) is 5.60. The van der Waals surface area contributed by atoms with Gasteiger partial charge in [-0.3, -0.25) is 9.63 Å². The van der Waals surface area contributed by atoms with Gasteiger partial charge in [-0.1, -0.05) is 12.2 Å². The monoisotopic (exact) mass is 258 g/mol. The van der Waals surface area contributed by atoms with Crippen LogP contribution < -0.4 is 5.73 Å². The number of hydrogen-bond acceptors (Lipinski definition) is 4. The van der Waals surface area contributed by atoms with E-state index in [9.17, 15) is 9.59 Å². The zero-order valence-electron chi connectivity index (χ0n) is 9.99. The van der Waals surface area contributed by atoms with Gasteiger partial charge in [0, 0.05) is 5.92 Å². The number of aliphatic carboxylic acids is 1. The highest BCUT2D eigenvalue weighted by Crippen LogP contribution is 2.16. The molecule has 0 bridgehead atoms. The first-order valence-electron chi connectivity index (χ1n) is 5.81. The molecule has 1 aliphatic carbocycles. The average molecular weight is 258 g/mol. The van der Waals surface area contributed by atoms with E-state index >= 15 is 0 Å². The van der Waals surface area contributed by atoms with Gasteiger partial charge in [0.1, 0.15) is 6.04 Å². The van der Waals surface area contributed by atoms with Crippen LogP contribution in [0.1, 0.15) is 19.3 Å². The lowest BCUT2D eigenvalue weighted by atomic mass is 10.1. The van der Waals surface area contributed by atoms with Crippen molar-refractivity contribution in [2.24, 2.45) is 11.7 Å². The van der Waals surface area contributed by atoms with Gasteiger partial charge >= 0.3 is 12.1 Å². The van der Waals surface area contributed by atoms with Gasteiger partial charge in [-0.2, -0.15) is 5.06 Å². The highest BCUT2D eigenvalue weighted by atomic mass is 16.7. The fourth-order valence-electron chi connectivity index (χ4n) is 1.32. The number of nitrogens with zero attached hydrogens (tertiary/aromatic N) is 1. The van der Waals surface area contributed by atoms with Gasteiger partial charge < -0.3 is 15.9 Å². The van der Waals surface area contributed by atoms with Gasteiger partial charge in [-0.25, -0.2) is 4.79 Å². The molecule has 0 aromatic rings. The van der Waals surface area contributed by atoms with Crippen molar-refractivity contribution in [2.75, 3.05) is 13.2 Å². The van der Waals surface area contributed by atoms with Crippen LogP contribution in [0.25, 0.3) is 0 Å². The van der Waals surface area contributed by atoms with Crippen molar-refractivity contribution in [3.05, 3.63) is 12.2 Å². The third kappa shape index (κ3) is 5.65. The van der Waals surface area contributed by atoms with E-state index in [-0.39, 0.29) is 12.5 Å². The van der Waals surface area contributed by atoms with Crippen LogP contribution in [-0.2, 0) is 9.63 Å². The average Bonchev–Trinajstić information content (AvgIpc) is 3.10. The fraction of sp³-hybridized carbons (Fsp3) is 0.636. The quantitative estimate of drug-likeness (QED) is 0.318. The van der Waals surface area contributed by atoms with Crippen LogP contribution in [0.4, 0.5) is 4.79 Å². The minimum Gasteiger partial charge on any atom is -0.480 e. The minimum absolute atomic E-state index is 0.217. The molecule has 7 heteroatoms. The summed E-state index contributed by atoms with van der Waals surface area (Å²) in [7, 11) is 0. The smallest absolute Gasteiger partial charge is 0.431 e. The standard InChI is InChI=1S/C11H18N2O5/c12-9(10(14)15)3-1-2-6-13(11(16)17)18-7-8-4-5-8/h4-5,8-9H,1-3,6-7,12H2,(H,14,15)(H,16,17)/t9-/m0/s1. The van der Waals surface area contributed by atoms with Crippen molar-refractivity contribution in [2.45, 2.75) is 25.3 Å². The molecule has 4 N–H and O–H groups in total. The van der Waals surface area contributed by atoms with Crippen LogP contribution in [0, 0.1) is 5.92 Å². The molecule has 1 atom stereocenters. The molecule has 0 saturated carbocycles. The molecule has 0 spiro atoms.